The summed E-state index contributed by atoms with van der Waals surface area (Å²) >= 11 is 0. The molecule has 66 valence electrons. The molecule has 0 saturated carbocycles. The maximum atomic E-state index is 4.12. The number of allylic oxidation sites excluding steroid dienone is 1. The lowest BCUT2D eigenvalue weighted by molar-refractivity contribution is 1.27. The number of amidine groups is 1. The van der Waals surface area contributed by atoms with E-state index in [4.69, 9.17) is 0 Å². The molecule has 0 aliphatic rings. The SMILES string of the molecule is C=NC(=NC(=C)C)c1cccnc1. The van der Waals surface area contributed by atoms with Crippen molar-refractivity contribution in [2.75, 3.05) is 0 Å². The molecule has 0 N–H and O–H groups in total. The van der Waals surface area contributed by atoms with E-state index < -0.39 is 0 Å². The maximum absolute atomic E-state index is 4.12. The van der Waals surface area contributed by atoms with Crippen LogP contribution in [0.1, 0.15) is 12.5 Å². The van der Waals surface area contributed by atoms with Crippen LogP contribution in [0.15, 0.2) is 46.8 Å². The number of hydrogen-bond donors (Lipinski definition) is 0. The highest BCUT2D eigenvalue weighted by atomic mass is 14.9. The molecule has 0 aliphatic carbocycles. The average Bonchev–Trinajstić information content (AvgIpc) is 2.15. The predicted octanol–water partition coefficient (Wildman–Crippen LogP) is 2.06. The van der Waals surface area contributed by atoms with E-state index in [-0.39, 0.29) is 0 Å². The predicted molar refractivity (Wildman–Crippen MR) is 55.1 cm³/mol. The van der Waals surface area contributed by atoms with Crippen LogP contribution in [0.5, 0.6) is 0 Å². The van der Waals surface area contributed by atoms with Crippen LogP contribution in [0.3, 0.4) is 0 Å². The lowest BCUT2D eigenvalue weighted by Gasteiger charge is -1.98. The quantitative estimate of drug-likeness (QED) is 0.498. The molecule has 0 spiro atoms. The van der Waals surface area contributed by atoms with Crippen LogP contribution in [-0.4, -0.2) is 17.5 Å². The van der Waals surface area contributed by atoms with E-state index in [2.05, 4.69) is 28.3 Å². The van der Waals surface area contributed by atoms with Crippen LogP contribution in [0.2, 0.25) is 0 Å². The minimum atomic E-state index is 0.556. The smallest absolute Gasteiger partial charge is 0.160 e. The number of aliphatic imine (C=N–C) groups is 2. The minimum absolute atomic E-state index is 0.556. The Morgan fingerprint density at radius 1 is 1.54 bits per heavy atom. The Kier molecular flexibility index (Phi) is 3.09. The zero-order chi connectivity index (χ0) is 9.68. The molecule has 1 aromatic rings. The molecule has 0 unspecified atom stereocenters. The molecule has 0 aliphatic heterocycles. The van der Waals surface area contributed by atoms with E-state index >= 15 is 0 Å². The molecule has 0 aromatic carbocycles. The fraction of sp³-hybridized carbons (Fsp3) is 0.100. The van der Waals surface area contributed by atoms with Crippen LogP contribution < -0.4 is 0 Å². The largest absolute Gasteiger partial charge is 0.264 e. The Bertz CT molecular complexity index is 338. The van der Waals surface area contributed by atoms with Gasteiger partial charge in [-0.3, -0.25) is 4.98 Å². The highest BCUT2D eigenvalue weighted by Crippen LogP contribution is 2.02. The lowest BCUT2D eigenvalue weighted by Crippen LogP contribution is -1.96. The topological polar surface area (TPSA) is 37.6 Å². The van der Waals surface area contributed by atoms with Gasteiger partial charge in [0.05, 0.1) is 0 Å². The van der Waals surface area contributed by atoms with Crippen LogP contribution in [-0.2, 0) is 0 Å². The second-order valence-electron chi connectivity index (χ2n) is 2.57. The fourth-order valence-electron chi connectivity index (χ4n) is 0.867. The zero-order valence-corrected chi connectivity index (χ0v) is 7.57. The zero-order valence-electron chi connectivity index (χ0n) is 7.57. The first-order valence-corrected chi connectivity index (χ1v) is 3.85. The van der Waals surface area contributed by atoms with Crippen LogP contribution in [0.25, 0.3) is 0 Å². The normalized spacial score (nSPS) is 11.0. The van der Waals surface area contributed by atoms with E-state index in [1.165, 1.54) is 0 Å². The number of nitrogens with zero attached hydrogens (tertiary/aromatic N) is 3. The van der Waals surface area contributed by atoms with Crippen molar-refractivity contribution in [3.63, 3.8) is 0 Å². The highest BCUT2D eigenvalue weighted by molar-refractivity contribution is 6.01. The minimum Gasteiger partial charge on any atom is -0.264 e. The Morgan fingerprint density at radius 3 is 2.77 bits per heavy atom. The van der Waals surface area contributed by atoms with Gasteiger partial charge < -0.3 is 0 Å². The van der Waals surface area contributed by atoms with Gasteiger partial charge in [0, 0.05) is 23.7 Å². The Hall–Kier alpha value is -1.77. The molecule has 1 aromatic heterocycles. The van der Waals surface area contributed by atoms with E-state index in [1.54, 1.807) is 12.4 Å². The maximum Gasteiger partial charge on any atom is 0.160 e. The number of aromatic nitrogens is 1. The van der Waals surface area contributed by atoms with Crippen molar-refractivity contribution in [1.29, 1.82) is 0 Å². The van der Waals surface area contributed by atoms with Crippen molar-refractivity contribution in [2.45, 2.75) is 6.92 Å². The van der Waals surface area contributed by atoms with Crippen LogP contribution in [0.4, 0.5) is 0 Å². The van der Waals surface area contributed by atoms with Crippen molar-refractivity contribution >= 4 is 12.6 Å². The first kappa shape index (κ1) is 9.32. The molecule has 0 bridgehead atoms. The van der Waals surface area contributed by atoms with Gasteiger partial charge in [0.15, 0.2) is 5.84 Å². The summed E-state index contributed by atoms with van der Waals surface area (Å²) in [5.41, 5.74) is 1.55. The van der Waals surface area contributed by atoms with E-state index in [0.717, 1.165) is 5.56 Å². The van der Waals surface area contributed by atoms with Crippen molar-refractivity contribution < 1.29 is 0 Å². The van der Waals surface area contributed by atoms with Crippen LogP contribution in [0, 0.1) is 0 Å². The summed E-state index contributed by atoms with van der Waals surface area (Å²) < 4.78 is 0. The van der Waals surface area contributed by atoms with Gasteiger partial charge in [0.1, 0.15) is 0 Å². The van der Waals surface area contributed by atoms with Gasteiger partial charge in [-0.05, 0) is 25.8 Å². The van der Waals surface area contributed by atoms with E-state index in [0.29, 0.717) is 11.5 Å². The van der Waals surface area contributed by atoms with Gasteiger partial charge in [-0.25, -0.2) is 9.98 Å². The molecular formula is C10H11N3. The molecule has 0 saturated heterocycles. The third-order valence-electron chi connectivity index (χ3n) is 1.37. The van der Waals surface area contributed by atoms with Crippen molar-refractivity contribution in [3.8, 4) is 0 Å². The van der Waals surface area contributed by atoms with Crippen molar-refractivity contribution in [3.05, 3.63) is 42.4 Å². The second-order valence-corrected chi connectivity index (χ2v) is 2.57. The first-order valence-electron chi connectivity index (χ1n) is 3.85. The molecule has 0 radical (unpaired) electrons. The van der Waals surface area contributed by atoms with E-state index in [9.17, 15) is 0 Å². The standard InChI is InChI=1S/C10H11N3/c1-8(2)13-10(11-3)9-5-4-6-12-7-9/h4-7H,1,3H2,2H3. The molecule has 3 heteroatoms. The first-order chi connectivity index (χ1) is 6.24. The molecule has 0 fully saturated rings. The van der Waals surface area contributed by atoms with Crippen molar-refractivity contribution in [1.82, 2.24) is 4.98 Å². The molecule has 0 atom stereocenters. The van der Waals surface area contributed by atoms with E-state index in [1.807, 2.05) is 19.1 Å². The summed E-state index contributed by atoms with van der Waals surface area (Å²) in [4.78, 5) is 11.9. The molecule has 0 amide bonds. The summed E-state index contributed by atoms with van der Waals surface area (Å²) in [6, 6.07) is 3.71. The number of rotatable bonds is 2. The number of pyridine rings is 1. The monoisotopic (exact) mass is 173 g/mol. The second kappa shape index (κ2) is 4.30. The highest BCUT2D eigenvalue weighted by Gasteiger charge is 1.98. The Labute approximate surface area is 77.6 Å². The summed E-state index contributed by atoms with van der Waals surface area (Å²) in [6.45, 7) is 8.92. The Morgan fingerprint density at radius 2 is 2.31 bits per heavy atom. The summed E-state index contributed by atoms with van der Waals surface area (Å²) in [5, 5.41) is 0. The lowest BCUT2D eigenvalue weighted by atomic mass is 10.2. The van der Waals surface area contributed by atoms with Gasteiger partial charge in [0.2, 0.25) is 0 Å². The van der Waals surface area contributed by atoms with Crippen LogP contribution >= 0.6 is 0 Å². The summed E-state index contributed by atoms with van der Waals surface area (Å²) in [6.07, 6.45) is 3.39. The summed E-state index contributed by atoms with van der Waals surface area (Å²) in [5.74, 6) is 0.556. The number of hydrogen-bond acceptors (Lipinski definition) is 2. The van der Waals surface area contributed by atoms with Gasteiger partial charge >= 0.3 is 0 Å². The van der Waals surface area contributed by atoms with Gasteiger partial charge in [-0.15, -0.1) is 0 Å². The molecular weight excluding hydrogens is 162 g/mol. The van der Waals surface area contributed by atoms with Gasteiger partial charge in [-0.2, -0.15) is 0 Å². The Balaban J connectivity index is 3.05. The average molecular weight is 173 g/mol. The van der Waals surface area contributed by atoms with Gasteiger partial charge in [0.25, 0.3) is 0 Å². The third-order valence-corrected chi connectivity index (χ3v) is 1.37. The third kappa shape index (κ3) is 2.63. The summed E-state index contributed by atoms with van der Waals surface area (Å²) in [7, 11) is 0. The van der Waals surface area contributed by atoms with Crippen molar-refractivity contribution in [2.24, 2.45) is 9.98 Å². The van der Waals surface area contributed by atoms with Gasteiger partial charge in [-0.1, -0.05) is 6.58 Å². The molecule has 1 rings (SSSR count). The molecule has 13 heavy (non-hydrogen) atoms. The fourth-order valence-corrected chi connectivity index (χ4v) is 0.867. The molecule has 3 nitrogen and oxygen atoms in total. The molecule has 1 heterocycles.